The molecule has 1 fully saturated rings. The van der Waals surface area contributed by atoms with Crippen LogP contribution in [0.2, 0.25) is 0 Å². The quantitative estimate of drug-likeness (QED) is 0.344. The highest BCUT2D eigenvalue weighted by atomic mass is 16.7. The van der Waals surface area contributed by atoms with Gasteiger partial charge in [-0.15, -0.1) is 6.58 Å². The highest BCUT2D eigenvalue weighted by Crippen LogP contribution is 2.31. The Bertz CT molecular complexity index is 451. The van der Waals surface area contributed by atoms with Crippen molar-refractivity contribution in [1.82, 2.24) is 5.32 Å². The second-order valence-corrected chi connectivity index (χ2v) is 7.15. The van der Waals surface area contributed by atoms with E-state index >= 15 is 0 Å². The van der Waals surface area contributed by atoms with Crippen molar-refractivity contribution >= 4 is 11.9 Å². The largest absolute Gasteiger partial charge is 0.463 e. The molecule has 0 saturated carbocycles. The van der Waals surface area contributed by atoms with Gasteiger partial charge in [0.1, 0.15) is 6.61 Å². The lowest BCUT2D eigenvalue weighted by Crippen LogP contribution is -2.58. The van der Waals surface area contributed by atoms with E-state index in [0.29, 0.717) is 6.61 Å². The minimum atomic E-state index is -0.529. The molecule has 26 heavy (non-hydrogen) atoms. The molecule has 0 aliphatic carbocycles. The molecule has 0 aromatic carbocycles. The lowest BCUT2D eigenvalue weighted by molar-refractivity contribution is -0.244. The molecule has 2 unspecified atom stereocenters. The van der Waals surface area contributed by atoms with E-state index < -0.39 is 6.29 Å². The number of ether oxygens (including phenoxy) is 3. The zero-order chi connectivity index (χ0) is 19.5. The van der Waals surface area contributed by atoms with Crippen molar-refractivity contribution in [2.45, 2.75) is 78.2 Å². The van der Waals surface area contributed by atoms with E-state index in [2.05, 4.69) is 18.8 Å². The minimum Gasteiger partial charge on any atom is -0.463 e. The second-order valence-electron chi connectivity index (χ2n) is 7.15. The Hall–Kier alpha value is -1.40. The molecule has 1 heterocycles. The van der Waals surface area contributed by atoms with Gasteiger partial charge >= 0.3 is 5.97 Å². The SMILES string of the molecule is C=CCCCCCCO[C@@H]1OC(COC(C)=O)[C@@H](C)[C@H](C)C1NC(C)=O. The van der Waals surface area contributed by atoms with E-state index in [9.17, 15) is 9.59 Å². The van der Waals surface area contributed by atoms with Gasteiger partial charge in [0.2, 0.25) is 5.91 Å². The van der Waals surface area contributed by atoms with Crippen LogP contribution in [0.1, 0.15) is 59.8 Å². The van der Waals surface area contributed by atoms with Crippen LogP contribution in [0.15, 0.2) is 12.7 Å². The Morgan fingerprint density at radius 3 is 2.42 bits per heavy atom. The molecule has 6 heteroatoms. The van der Waals surface area contributed by atoms with Gasteiger partial charge in [-0.2, -0.15) is 0 Å². The number of hydrogen-bond acceptors (Lipinski definition) is 5. The van der Waals surface area contributed by atoms with Gasteiger partial charge in [-0.05, 0) is 31.1 Å². The van der Waals surface area contributed by atoms with Crippen molar-refractivity contribution in [2.24, 2.45) is 11.8 Å². The van der Waals surface area contributed by atoms with Crippen LogP contribution in [-0.2, 0) is 23.8 Å². The summed E-state index contributed by atoms with van der Waals surface area (Å²) in [6.07, 6.45) is 6.56. The predicted molar refractivity (Wildman–Crippen MR) is 100 cm³/mol. The van der Waals surface area contributed by atoms with Crippen LogP contribution in [-0.4, -0.2) is 43.5 Å². The van der Waals surface area contributed by atoms with Crippen LogP contribution in [0.5, 0.6) is 0 Å². The molecule has 6 nitrogen and oxygen atoms in total. The Kier molecular flexibility index (Phi) is 10.5. The van der Waals surface area contributed by atoms with E-state index in [0.717, 1.165) is 32.1 Å². The van der Waals surface area contributed by atoms with Crippen molar-refractivity contribution in [3.63, 3.8) is 0 Å². The maximum atomic E-state index is 11.6. The average molecular weight is 370 g/mol. The monoisotopic (exact) mass is 369 g/mol. The smallest absolute Gasteiger partial charge is 0.302 e. The molecule has 1 saturated heterocycles. The number of carbonyl (C=O) groups excluding carboxylic acids is 2. The lowest BCUT2D eigenvalue weighted by Gasteiger charge is -2.44. The van der Waals surface area contributed by atoms with Gasteiger partial charge in [0.25, 0.3) is 0 Å². The molecule has 0 aromatic heterocycles. The molecular weight excluding hydrogens is 334 g/mol. The Balaban J connectivity index is 2.57. The van der Waals surface area contributed by atoms with Gasteiger partial charge in [0.05, 0.1) is 12.1 Å². The summed E-state index contributed by atoms with van der Waals surface area (Å²) in [7, 11) is 0. The summed E-state index contributed by atoms with van der Waals surface area (Å²) in [6.45, 7) is 11.5. The van der Waals surface area contributed by atoms with Crippen molar-refractivity contribution in [1.29, 1.82) is 0 Å². The van der Waals surface area contributed by atoms with Crippen LogP contribution in [0.3, 0.4) is 0 Å². The molecule has 5 atom stereocenters. The van der Waals surface area contributed by atoms with E-state index in [1.54, 1.807) is 0 Å². The van der Waals surface area contributed by atoms with Crippen LogP contribution in [0.25, 0.3) is 0 Å². The molecule has 0 radical (unpaired) electrons. The van der Waals surface area contributed by atoms with Gasteiger partial charge in [0, 0.05) is 20.5 Å². The molecule has 1 N–H and O–H groups in total. The summed E-state index contributed by atoms with van der Waals surface area (Å²) >= 11 is 0. The molecule has 0 spiro atoms. The zero-order valence-corrected chi connectivity index (χ0v) is 16.7. The molecule has 1 amide bonds. The molecule has 1 aliphatic rings. The fourth-order valence-electron chi connectivity index (χ4n) is 3.21. The zero-order valence-electron chi connectivity index (χ0n) is 16.7. The van der Waals surface area contributed by atoms with Gasteiger partial charge in [0.15, 0.2) is 6.29 Å². The third-order valence-electron chi connectivity index (χ3n) is 4.99. The van der Waals surface area contributed by atoms with E-state index in [-0.39, 0.29) is 42.5 Å². The number of hydrogen-bond donors (Lipinski definition) is 1. The predicted octanol–water partition coefficient (Wildman–Crippen LogP) is 3.20. The Labute approximate surface area is 157 Å². The summed E-state index contributed by atoms with van der Waals surface area (Å²) in [5.41, 5.74) is 0. The molecule has 1 aliphatic heterocycles. The minimum absolute atomic E-state index is 0.103. The Morgan fingerprint density at radius 1 is 1.12 bits per heavy atom. The maximum absolute atomic E-state index is 11.6. The lowest BCUT2D eigenvalue weighted by atomic mass is 9.82. The normalized spacial score (nSPS) is 28.4. The number of allylic oxidation sites excluding steroid dienone is 1. The fraction of sp³-hybridized carbons (Fsp3) is 0.800. The van der Waals surface area contributed by atoms with E-state index in [1.807, 2.05) is 13.0 Å². The maximum Gasteiger partial charge on any atom is 0.302 e. The molecule has 1 rings (SSSR count). The van der Waals surface area contributed by atoms with Gasteiger partial charge in [-0.3, -0.25) is 9.59 Å². The number of rotatable bonds is 11. The number of unbranched alkanes of at least 4 members (excludes halogenated alkanes) is 4. The Morgan fingerprint density at radius 2 is 1.81 bits per heavy atom. The molecular formula is C20H35NO5. The third-order valence-corrected chi connectivity index (χ3v) is 4.99. The first-order chi connectivity index (χ1) is 12.4. The van der Waals surface area contributed by atoms with Crippen molar-refractivity contribution < 1.29 is 23.8 Å². The van der Waals surface area contributed by atoms with Crippen molar-refractivity contribution in [2.75, 3.05) is 13.2 Å². The van der Waals surface area contributed by atoms with E-state index in [4.69, 9.17) is 14.2 Å². The van der Waals surface area contributed by atoms with Gasteiger partial charge in [-0.25, -0.2) is 0 Å². The van der Waals surface area contributed by atoms with Crippen molar-refractivity contribution in [3.8, 4) is 0 Å². The van der Waals surface area contributed by atoms with Crippen LogP contribution in [0.4, 0.5) is 0 Å². The third kappa shape index (κ3) is 7.87. The second kappa shape index (κ2) is 12.1. The average Bonchev–Trinajstić information content (AvgIpc) is 2.58. The molecule has 150 valence electrons. The topological polar surface area (TPSA) is 73.9 Å². The van der Waals surface area contributed by atoms with Crippen LogP contribution < -0.4 is 5.32 Å². The summed E-state index contributed by atoms with van der Waals surface area (Å²) in [5, 5.41) is 2.96. The standard InChI is InChI=1S/C20H35NO5/c1-6-7-8-9-10-11-12-24-20-19(21-16(4)22)15(3)14(2)18(26-20)13-25-17(5)23/h6,14-15,18-20H,1,7-13H2,2-5H3,(H,21,22)/t14-,15-,18?,19?,20+/m0/s1. The van der Waals surface area contributed by atoms with Gasteiger partial charge < -0.3 is 19.5 Å². The summed E-state index contributed by atoms with van der Waals surface area (Å²) in [6, 6.07) is -0.211. The van der Waals surface area contributed by atoms with Crippen LogP contribution in [0, 0.1) is 11.8 Å². The first kappa shape index (κ1) is 22.6. The number of carbonyl (C=O) groups is 2. The summed E-state index contributed by atoms with van der Waals surface area (Å²) in [4.78, 5) is 22.7. The molecule has 0 aromatic rings. The first-order valence-electron chi connectivity index (χ1n) is 9.65. The van der Waals surface area contributed by atoms with E-state index in [1.165, 1.54) is 13.8 Å². The fourth-order valence-corrected chi connectivity index (χ4v) is 3.21. The molecule has 0 bridgehead atoms. The number of amides is 1. The highest BCUT2D eigenvalue weighted by Gasteiger charge is 2.42. The summed E-state index contributed by atoms with van der Waals surface area (Å²) in [5.74, 6) is -0.153. The van der Waals surface area contributed by atoms with Gasteiger partial charge in [-0.1, -0.05) is 32.8 Å². The van der Waals surface area contributed by atoms with Crippen LogP contribution >= 0.6 is 0 Å². The summed E-state index contributed by atoms with van der Waals surface area (Å²) < 4.78 is 17.1. The van der Waals surface area contributed by atoms with Crippen molar-refractivity contribution in [3.05, 3.63) is 12.7 Å². The first-order valence-corrected chi connectivity index (χ1v) is 9.65. The number of esters is 1. The number of nitrogens with one attached hydrogen (secondary N) is 1. The highest BCUT2D eigenvalue weighted by molar-refractivity contribution is 5.73.